The average molecular weight is 433 g/mol. The van der Waals surface area contributed by atoms with Crippen molar-refractivity contribution in [3.05, 3.63) is 48.0 Å². The number of sulfonamides is 1. The number of hydrogen-bond acceptors (Lipinski definition) is 6. The van der Waals surface area contributed by atoms with Gasteiger partial charge >= 0.3 is 5.97 Å². The maximum Gasteiger partial charge on any atom is 0.322 e. The Labute approximate surface area is 175 Å². The fraction of sp³-hybridized carbons (Fsp3) is 0.400. The van der Waals surface area contributed by atoms with Crippen LogP contribution >= 0.6 is 0 Å². The fourth-order valence-corrected chi connectivity index (χ4v) is 4.85. The van der Waals surface area contributed by atoms with Crippen LogP contribution < -0.4 is 5.32 Å². The molecule has 0 saturated heterocycles. The maximum atomic E-state index is 13.1. The van der Waals surface area contributed by atoms with Crippen LogP contribution in [-0.4, -0.2) is 45.7 Å². The van der Waals surface area contributed by atoms with Gasteiger partial charge in [-0.05, 0) is 30.7 Å². The van der Waals surface area contributed by atoms with Gasteiger partial charge in [0.25, 0.3) is 0 Å². The number of carbonyl (C=O) groups excluding carboxylic acids is 1. The SMILES string of the molecule is CCCCCC(=O)Nc1ccc(S(=O)(=O)N2Cc3nccnc3C[C@@H]2C(=O)O)cc1. The summed E-state index contributed by atoms with van der Waals surface area (Å²) in [5, 5.41) is 12.3. The molecule has 1 amide bonds. The van der Waals surface area contributed by atoms with E-state index in [1.54, 1.807) is 0 Å². The molecule has 2 aromatic rings. The molecule has 3 rings (SSSR count). The highest BCUT2D eigenvalue weighted by molar-refractivity contribution is 7.89. The number of unbranched alkanes of at least 4 members (excludes halogenated alkanes) is 2. The van der Waals surface area contributed by atoms with E-state index in [1.165, 1.54) is 36.7 Å². The number of carbonyl (C=O) groups is 2. The van der Waals surface area contributed by atoms with Gasteiger partial charge in [-0.2, -0.15) is 4.31 Å². The lowest BCUT2D eigenvalue weighted by Crippen LogP contribution is -2.49. The van der Waals surface area contributed by atoms with Crippen molar-refractivity contribution < 1.29 is 23.1 Å². The van der Waals surface area contributed by atoms with Gasteiger partial charge in [0.1, 0.15) is 6.04 Å². The highest BCUT2D eigenvalue weighted by Crippen LogP contribution is 2.28. The Morgan fingerprint density at radius 3 is 2.43 bits per heavy atom. The minimum absolute atomic E-state index is 0.0509. The topological polar surface area (TPSA) is 130 Å². The number of carboxylic acid groups (broad SMARTS) is 1. The Morgan fingerprint density at radius 2 is 1.80 bits per heavy atom. The highest BCUT2D eigenvalue weighted by Gasteiger charge is 2.40. The van der Waals surface area contributed by atoms with Gasteiger partial charge in [-0.3, -0.25) is 19.6 Å². The molecule has 0 radical (unpaired) electrons. The van der Waals surface area contributed by atoms with Crippen molar-refractivity contribution in [2.24, 2.45) is 0 Å². The predicted molar refractivity (Wildman–Crippen MR) is 109 cm³/mol. The van der Waals surface area contributed by atoms with Crippen LogP contribution in [0.3, 0.4) is 0 Å². The van der Waals surface area contributed by atoms with E-state index in [-0.39, 0.29) is 23.8 Å². The van der Waals surface area contributed by atoms with Crippen molar-refractivity contribution in [3.63, 3.8) is 0 Å². The van der Waals surface area contributed by atoms with Gasteiger partial charge in [-0.25, -0.2) is 8.42 Å². The van der Waals surface area contributed by atoms with Crippen molar-refractivity contribution in [1.29, 1.82) is 0 Å². The minimum atomic E-state index is -4.09. The zero-order chi connectivity index (χ0) is 21.7. The number of anilines is 1. The van der Waals surface area contributed by atoms with Gasteiger partial charge in [-0.15, -0.1) is 0 Å². The third-order valence-corrected chi connectivity index (χ3v) is 6.81. The molecule has 0 unspecified atom stereocenters. The van der Waals surface area contributed by atoms with Gasteiger partial charge < -0.3 is 10.4 Å². The third-order valence-electron chi connectivity index (χ3n) is 4.94. The Morgan fingerprint density at radius 1 is 1.13 bits per heavy atom. The van der Waals surface area contributed by atoms with Gasteiger partial charge in [0.05, 0.1) is 22.8 Å². The number of aliphatic carboxylic acids is 1. The molecule has 2 heterocycles. The summed E-state index contributed by atoms with van der Waals surface area (Å²) in [6.45, 7) is 1.89. The summed E-state index contributed by atoms with van der Waals surface area (Å²) in [6, 6.07) is 4.46. The van der Waals surface area contributed by atoms with Gasteiger partial charge in [0.2, 0.25) is 15.9 Å². The number of nitrogens with one attached hydrogen (secondary N) is 1. The highest BCUT2D eigenvalue weighted by atomic mass is 32.2. The lowest BCUT2D eigenvalue weighted by Gasteiger charge is -2.32. The Kier molecular flexibility index (Phi) is 6.78. The summed E-state index contributed by atoms with van der Waals surface area (Å²) in [5.74, 6) is -1.37. The summed E-state index contributed by atoms with van der Waals surface area (Å²) >= 11 is 0. The standard InChI is InChI=1S/C20H24N4O5S/c1-2-3-4-5-19(25)23-14-6-8-15(9-7-14)30(28,29)24-13-17-16(21-10-11-22-17)12-18(24)20(26)27/h6-11,18H,2-5,12-13H2,1H3,(H,23,25)(H,26,27)/t18-/m1/s1. The number of aromatic nitrogens is 2. The van der Waals surface area contributed by atoms with Crippen LogP contribution in [0, 0.1) is 0 Å². The monoisotopic (exact) mass is 432 g/mol. The first-order valence-electron chi connectivity index (χ1n) is 9.76. The second-order valence-corrected chi connectivity index (χ2v) is 8.98. The first kappa shape index (κ1) is 21.8. The van der Waals surface area contributed by atoms with Crippen LogP contribution in [0.5, 0.6) is 0 Å². The summed E-state index contributed by atoms with van der Waals surface area (Å²) in [4.78, 5) is 31.9. The van der Waals surface area contributed by atoms with Gasteiger partial charge in [-0.1, -0.05) is 19.8 Å². The molecule has 0 spiro atoms. The molecule has 1 atom stereocenters. The first-order chi connectivity index (χ1) is 14.3. The summed E-state index contributed by atoms with van der Waals surface area (Å²) in [5.41, 5.74) is 1.41. The number of amides is 1. The second kappa shape index (κ2) is 9.31. The van der Waals surface area contributed by atoms with Crippen LogP contribution in [0.15, 0.2) is 41.6 Å². The Hall–Kier alpha value is -2.85. The largest absolute Gasteiger partial charge is 0.480 e. The Bertz CT molecular complexity index is 1020. The molecule has 1 aromatic carbocycles. The molecular formula is C20H24N4O5S. The van der Waals surface area contributed by atoms with Crippen molar-refractivity contribution >= 4 is 27.6 Å². The van der Waals surface area contributed by atoms with E-state index in [0.29, 0.717) is 23.5 Å². The molecule has 1 aliphatic rings. The number of benzene rings is 1. The van der Waals surface area contributed by atoms with E-state index in [1.807, 2.05) is 0 Å². The molecule has 30 heavy (non-hydrogen) atoms. The number of carboxylic acids is 1. The summed E-state index contributed by atoms with van der Waals surface area (Å²) < 4.78 is 27.2. The molecule has 0 bridgehead atoms. The van der Waals surface area contributed by atoms with Crippen molar-refractivity contribution in [2.45, 2.75) is 56.5 Å². The van der Waals surface area contributed by atoms with Crippen LogP contribution in [0.4, 0.5) is 5.69 Å². The molecule has 0 saturated carbocycles. The van der Waals surface area contributed by atoms with E-state index in [2.05, 4.69) is 22.2 Å². The molecule has 9 nitrogen and oxygen atoms in total. The molecule has 1 aromatic heterocycles. The zero-order valence-electron chi connectivity index (χ0n) is 16.6. The van der Waals surface area contributed by atoms with E-state index in [0.717, 1.165) is 23.6 Å². The van der Waals surface area contributed by atoms with Crippen molar-refractivity contribution in [2.75, 3.05) is 5.32 Å². The van der Waals surface area contributed by atoms with E-state index in [4.69, 9.17) is 0 Å². The van der Waals surface area contributed by atoms with Crippen molar-refractivity contribution in [1.82, 2.24) is 14.3 Å². The molecule has 1 aliphatic heterocycles. The minimum Gasteiger partial charge on any atom is -0.480 e. The number of rotatable bonds is 8. The Balaban J connectivity index is 1.79. The quantitative estimate of drug-likeness (QED) is 0.612. The van der Waals surface area contributed by atoms with Crippen LogP contribution in [0.25, 0.3) is 0 Å². The number of fused-ring (bicyclic) bond motifs is 1. The summed E-state index contributed by atoms with van der Waals surface area (Å²) in [7, 11) is -4.09. The molecule has 2 N–H and O–H groups in total. The molecule has 160 valence electrons. The first-order valence-corrected chi connectivity index (χ1v) is 11.2. The maximum absolute atomic E-state index is 13.1. The zero-order valence-corrected chi connectivity index (χ0v) is 17.4. The molecular weight excluding hydrogens is 408 g/mol. The van der Waals surface area contributed by atoms with Crippen LogP contribution in [-0.2, 0) is 32.6 Å². The number of hydrogen-bond donors (Lipinski definition) is 2. The predicted octanol–water partition coefficient (Wildman–Crippen LogP) is 2.20. The second-order valence-electron chi connectivity index (χ2n) is 7.09. The van der Waals surface area contributed by atoms with Gasteiger partial charge in [0.15, 0.2) is 0 Å². The van der Waals surface area contributed by atoms with Crippen LogP contribution in [0.2, 0.25) is 0 Å². The van der Waals surface area contributed by atoms with Crippen molar-refractivity contribution in [3.8, 4) is 0 Å². The van der Waals surface area contributed by atoms with E-state index in [9.17, 15) is 23.1 Å². The average Bonchev–Trinajstić information content (AvgIpc) is 2.73. The summed E-state index contributed by atoms with van der Waals surface area (Å²) in [6.07, 6.45) is 6.04. The van der Waals surface area contributed by atoms with E-state index < -0.39 is 22.0 Å². The fourth-order valence-electron chi connectivity index (χ4n) is 3.31. The lowest BCUT2D eigenvalue weighted by atomic mass is 10.1. The third kappa shape index (κ3) is 4.82. The number of nitrogens with zero attached hydrogens (tertiary/aromatic N) is 3. The smallest absolute Gasteiger partial charge is 0.322 e. The van der Waals surface area contributed by atoms with E-state index >= 15 is 0 Å². The van der Waals surface area contributed by atoms with Gasteiger partial charge in [0, 0.05) is 30.9 Å². The molecule has 0 aliphatic carbocycles. The lowest BCUT2D eigenvalue weighted by molar-refractivity contribution is -0.142. The molecule has 10 heteroatoms. The normalized spacial score (nSPS) is 16.6. The molecule has 0 fully saturated rings. The van der Waals surface area contributed by atoms with Crippen LogP contribution in [0.1, 0.15) is 44.0 Å².